The third-order valence-corrected chi connectivity index (χ3v) is 4.81. The van der Waals surface area contributed by atoms with Crippen LogP contribution in [0.3, 0.4) is 0 Å². The summed E-state index contributed by atoms with van der Waals surface area (Å²) in [4.78, 5) is 20.7. The van der Waals surface area contributed by atoms with Crippen molar-refractivity contribution in [3.8, 4) is 0 Å². The number of anilines is 1. The van der Waals surface area contributed by atoms with Crippen LogP contribution >= 0.6 is 0 Å². The van der Waals surface area contributed by atoms with Crippen LogP contribution in [0.25, 0.3) is 33.6 Å². The SMILES string of the molecule is O=C(Nc1ccc2cn[nH]c2c1)C(=Cc1c[nH]c2ncccc12)c1ccccc1. The van der Waals surface area contributed by atoms with Gasteiger partial charge in [-0.1, -0.05) is 30.3 Å². The molecule has 0 saturated heterocycles. The highest BCUT2D eigenvalue weighted by molar-refractivity contribution is 6.29. The summed E-state index contributed by atoms with van der Waals surface area (Å²) in [5.74, 6) is -0.187. The van der Waals surface area contributed by atoms with Gasteiger partial charge in [-0.3, -0.25) is 9.89 Å². The van der Waals surface area contributed by atoms with Gasteiger partial charge in [-0.25, -0.2) is 4.98 Å². The molecule has 2 aromatic carbocycles. The molecule has 0 aliphatic carbocycles. The Morgan fingerprint density at radius 1 is 1.03 bits per heavy atom. The van der Waals surface area contributed by atoms with E-state index in [-0.39, 0.29) is 5.91 Å². The molecule has 140 valence electrons. The molecular formula is C23H17N5O. The lowest BCUT2D eigenvalue weighted by Crippen LogP contribution is -2.13. The summed E-state index contributed by atoms with van der Waals surface area (Å²) in [5.41, 5.74) is 4.68. The Labute approximate surface area is 166 Å². The molecule has 5 aromatic rings. The van der Waals surface area contributed by atoms with Crippen molar-refractivity contribution in [3.05, 3.63) is 90.4 Å². The van der Waals surface area contributed by atoms with Crippen LogP contribution in [0.4, 0.5) is 5.69 Å². The molecule has 3 N–H and O–H groups in total. The fourth-order valence-electron chi connectivity index (χ4n) is 3.36. The average Bonchev–Trinajstić information content (AvgIpc) is 3.39. The Hall–Kier alpha value is -4.19. The molecule has 0 aliphatic heterocycles. The maximum atomic E-state index is 13.2. The van der Waals surface area contributed by atoms with Crippen molar-refractivity contribution in [1.82, 2.24) is 20.2 Å². The van der Waals surface area contributed by atoms with Gasteiger partial charge in [0.15, 0.2) is 0 Å². The maximum absolute atomic E-state index is 13.2. The van der Waals surface area contributed by atoms with Gasteiger partial charge >= 0.3 is 0 Å². The predicted octanol–water partition coefficient (Wildman–Crippen LogP) is 4.62. The van der Waals surface area contributed by atoms with Gasteiger partial charge in [-0.05, 0) is 42.0 Å². The van der Waals surface area contributed by atoms with E-state index >= 15 is 0 Å². The molecule has 0 atom stereocenters. The number of carbonyl (C=O) groups excluding carboxylic acids is 1. The zero-order chi connectivity index (χ0) is 19.6. The van der Waals surface area contributed by atoms with Crippen molar-refractivity contribution in [2.24, 2.45) is 0 Å². The highest BCUT2D eigenvalue weighted by Gasteiger charge is 2.14. The summed E-state index contributed by atoms with van der Waals surface area (Å²) >= 11 is 0. The van der Waals surface area contributed by atoms with Gasteiger partial charge in [0.1, 0.15) is 5.65 Å². The molecule has 0 fully saturated rings. The second kappa shape index (κ2) is 7.09. The molecule has 0 radical (unpaired) electrons. The molecule has 6 heteroatoms. The molecule has 6 nitrogen and oxygen atoms in total. The van der Waals surface area contributed by atoms with Crippen molar-refractivity contribution in [2.45, 2.75) is 0 Å². The summed E-state index contributed by atoms with van der Waals surface area (Å²) in [6.45, 7) is 0. The third kappa shape index (κ3) is 3.27. The molecule has 5 rings (SSSR count). The van der Waals surface area contributed by atoms with Crippen LogP contribution in [-0.4, -0.2) is 26.1 Å². The van der Waals surface area contributed by atoms with Crippen LogP contribution in [-0.2, 0) is 4.79 Å². The maximum Gasteiger partial charge on any atom is 0.256 e. The molecule has 3 aromatic heterocycles. The minimum atomic E-state index is -0.187. The second-order valence-electron chi connectivity index (χ2n) is 6.69. The van der Waals surface area contributed by atoms with Crippen molar-refractivity contribution in [3.63, 3.8) is 0 Å². The first-order valence-electron chi connectivity index (χ1n) is 9.22. The van der Waals surface area contributed by atoms with Gasteiger partial charge in [0.2, 0.25) is 0 Å². The van der Waals surface area contributed by atoms with Crippen molar-refractivity contribution >= 4 is 45.2 Å². The van der Waals surface area contributed by atoms with E-state index in [4.69, 9.17) is 0 Å². The summed E-state index contributed by atoms with van der Waals surface area (Å²) in [5, 5.41) is 11.9. The molecule has 0 bridgehead atoms. The largest absolute Gasteiger partial charge is 0.346 e. The Kier molecular flexibility index (Phi) is 4.14. The highest BCUT2D eigenvalue weighted by Crippen LogP contribution is 2.25. The number of H-pyrrole nitrogens is 2. The molecule has 0 aliphatic rings. The number of rotatable bonds is 4. The highest BCUT2D eigenvalue weighted by atomic mass is 16.1. The minimum Gasteiger partial charge on any atom is -0.346 e. The lowest BCUT2D eigenvalue weighted by molar-refractivity contribution is -0.111. The molecule has 3 heterocycles. The Morgan fingerprint density at radius 3 is 2.83 bits per heavy atom. The first-order valence-corrected chi connectivity index (χ1v) is 9.22. The minimum absolute atomic E-state index is 0.187. The second-order valence-corrected chi connectivity index (χ2v) is 6.69. The number of nitrogens with zero attached hydrogens (tertiary/aromatic N) is 2. The number of aromatic nitrogens is 4. The number of amides is 1. The van der Waals surface area contributed by atoms with Crippen molar-refractivity contribution in [1.29, 1.82) is 0 Å². The zero-order valence-corrected chi connectivity index (χ0v) is 15.4. The molecule has 1 amide bonds. The van der Waals surface area contributed by atoms with E-state index in [9.17, 15) is 4.79 Å². The first-order chi connectivity index (χ1) is 14.3. The van der Waals surface area contributed by atoms with E-state index in [2.05, 4.69) is 25.5 Å². The summed E-state index contributed by atoms with van der Waals surface area (Å²) in [7, 11) is 0. The van der Waals surface area contributed by atoms with Gasteiger partial charge in [0.25, 0.3) is 5.91 Å². The fraction of sp³-hybridized carbons (Fsp3) is 0. The van der Waals surface area contributed by atoms with E-state index in [1.54, 1.807) is 12.4 Å². The number of hydrogen-bond donors (Lipinski definition) is 3. The molecule has 0 unspecified atom stereocenters. The smallest absolute Gasteiger partial charge is 0.256 e. The normalized spacial score (nSPS) is 11.8. The summed E-state index contributed by atoms with van der Waals surface area (Å²) in [6.07, 6.45) is 7.24. The van der Waals surface area contributed by atoms with E-state index < -0.39 is 0 Å². The van der Waals surface area contributed by atoms with Crippen LogP contribution in [0, 0.1) is 0 Å². The number of nitrogens with one attached hydrogen (secondary N) is 3. The van der Waals surface area contributed by atoms with E-state index in [0.29, 0.717) is 11.3 Å². The molecule has 0 spiro atoms. The lowest BCUT2D eigenvalue weighted by Gasteiger charge is -2.10. The predicted molar refractivity (Wildman–Crippen MR) is 115 cm³/mol. The summed E-state index contributed by atoms with van der Waals surface area (Å²) in [6, 6.07) is 19.2. The van der Waals surface area contributed by atoms with Crippen LogP contribution < -0.4 is 5.32 Å². The molecule has 29 heavy (non-hydrogen) atoms. The van der Waals surface area contributed by atoms with E-state index in [1.807, 2.05) is 72.9 Å². The van der Waals surface area contributed by atoms with Crippen LogP contribution in [0.1, 0.15) is 11.1 Å². The van der Waals surface area contributed by atoms with Gasteiger partial charge in [0, 0.05) is 40.0 Å². The lowest BCUT2D eigenvalue weighted by atomic mass is 10.0. The van der Waals surface area contributed by atoms with Crippen LogP contribution in [0.5, 0.6) is 0 Å². The quantitative estimate of drug-likeness (QED) is 0.398. The van der Waals surface area contributed by atoms with E-state index in [1.165, 1.54) is 0 Å². The third-order valence-electron chi connectivity index (χ3n) is 4.81. The Morgan fingerprint density at radius 2 is 1.93 bits per heavy atom. The van der Waals surface area contributed by atoms with E-state index in [0.717, 1.165) is 33.1 Å². The topological polar surface area (TPSA) is 86.5 Å². The fourth-order valence-corrected chi connectivity index (χ4v) is 3.36. The molecular weight excluding hydrogens is 362 g/mol. The van der Waals surface area contributed by atoms with Crippen molar-refractivity contribution in [2.75, 3.05) is 5.32 Å². The number of pyridine rings is 1. The number of aromatic amines is 2. The Balaban J connectivity index is 1.55. The zero-order valence-electron chi connectivity index (χ0n) is 15.4. The number of carbonyl (C=O) groups is 1. The van der Waals surface area contributed by atoms with Crippen molar-refractivity contribution < 1.29 is 4.79 Å². The van der Waals surface area contributed by atoms with Gasteiger partial charge in [-0.2, -0.15) is 5.10 Å². The number of hydrogen-bond acceptors (Lipinski definition) is 3. The number of fused-ring (bicyclic) bond motifs is 2. The molecule has 0 saturated carbocycles. The van der Waals surface area contributed by atoms with Gasteiger partial charge < -0.3 is 10.3 Å². The monoisotopic (exact) mass is 379 g/mol. The van der Waals surface area contributed by atoms with Gasteiger partial charge in [-0.15, -0.1) is 0 Å². The standard InChI is InChI=1S/C23H17N5O/c29-23(27-18-9-8-16-14-26-28-21(16)12-18)20(15-5-2-1-3-6-15)11-17-13-25-22-19(17)7-4-10-24-22/h1-14H,(H,24,25)(H,26,28)(H,27,29). The van der Waals surface area contributed by atoms with Gasteiger partial charge in [0.05, 0.1) is 11.7 Å². The average molecular weight is 379 g/mol. The number of benzene rings is 2. The Bertz CT molecular complexity index is 1350. The van der Waals surface area contributed by atoms with Crippen LogP contribution in [0.15, 0.2) is 79.3 Å². The summed E-state index contributed by atoms with van der Waals surface area (Å²) < 4.78 is 0. The first kappa shape index (κ1) is 16.9. The van der Waals surface area contributed by atoms with Crippen LogP contribution in [0.2, 0.25) is 0 Å².